The van der Waals surface area contributed by atoms with Crippen molar-refractivity contribution in [1.82, 2.24) is 14.8 Å². The number of hydrogen-bond acceptors (Lipinski definition) is 5. The molecule has 1 aromatic carbocycles. The number of hydrogen-bond donors (Lipinski definition) is 1. The Balaban J connectivity index is 2.07. The smallest absolute Gasteiger partial charge is 0.225 e. The van der Waals surface area contributed by atoms with E-state index in [1.54, 1.807) is 0 Å². The third kappa shape index (κ3) is 2.50. The summed E-state index contributed by atoms with van der Waals surface area (Å²) in [4.78, 5) is 0. The van der Waals surface area contributed by atoms with Crippen molar-refractivity contribution in [3.05, 3.63) is 34.9 Å². The van der Waals surface area contributed by atoms with Gasteiger partial charge in [-0.25, -0.2) is 0 Å². The molecule has 4 nitrogen and oxygen atoms in total. The third-order valence-electron chi connectivity index (χ3n) is 2.23. The lowest BCUT2D eigenvalue weighted by molar-refractivity contribution is 0.949. The summed E-state index contributed by atoms with van der Waals surface area (Å²) in [6.07, 6.45) is 0. The Morgan fingerprint density at radius 2 is 2.20 bits per heavy atom. The average Bonchev–Trinajstić information content (AvgIpc) is 2.72. The van der Waals surface area contributed by atoms with Crippen LogP contribution in [-0.2, 0) is 6.54 Å². The molecule has 0 unspecified atom stereocenters. The number of aryl methyl sites for hydroxylation is 2. The highest BCUT2D eigenvalue weighted by molar-refractivity contribution is 7.09. The van der Waals surface area contributed by atoms with Gasteiger partial charge in [0, 0.05) is 18.1 Å². The summed E-state index contributed by atoms with van der Waals surface area (Å²) in [5.74, 6) is 0. The summed E-state index contributed by atoms with van der Waals surface area (Å²) in [6.45, 7) is 4.97. The van der Waals surface area contributed by atoms with Crippen LogP contribution in [0.2, 0.25) is 0 Å². The Bertz CT molecular complexity index is 439. The van der Waals surface area contributed by atoms with E-state index < -0.39 is 0 Å². The predicted molar refractivity (Wildman–Crippen MR) is 60.9 cm³/mol. The van der Waals surface area contributed by atoms with E-state index >= 15 is 0 Å². The molecule has 0 saturated carbocycles. The lowest BCUT2D eigenvalue weighted by Crippen LogP contribution is -2.01. The molecule has 1 heterocycles. The van der Waals surface area contributed by atoms with Crippen molar-refractivity contribution in [2.45, 2.75) is 20.4 Å². The zero-order chi connectivity index (χ0) is 10.7. The summed E-state index contributed by atoms with van der Waals surface area (Å²) in [7, 11) is 0. The number of benzene rings is 1. The van der Waals surface area contributed by atoms with Crippen molar-refractivity contribution in [3.8, 4) is 0 Å². The van der Waals surface area contributed by atoms with E-state index in [2.05, 4.69) is 52.2 Å². The monoisotopic (exact) mass is 220 g/mol. The maximum Gasteiger partial charge on any atom is 0.225 e. The fourth-order valence-electron chi connectivity index (χ4n) is 1.36. The van der Waals surface area contributed by atoms with Crippen molar-refractivity contribution < 1.29 is 0 Å². The molecule has 5 heteroatoms. The third-order valence-corrected chi connectivity index (χ3v) is 2.79. The summed E-state index contributed by atoms with van der Waals surface area (Å²) < 4.78 is 3.69. The van der Waals surface area contributed by atoms with Crippen molar-refractivity contribution in [2.75, 3.05) is 5.32 Å². The zero-order valence-corrected chi connectivity index (χ0v) is 9.51. The van der Waals surface area contributed by atoms with Gasteiger partial charge in [0.2, 0.25) is 5.13 Å². The summed E-state index contributed by atoms with van der Waals surface area (Å²) in [6, 6.07) is 6.42. The first-order chi connectivity index (χ1) is 7.25. The highest BCUT2D eigenvalue weighted by Gasteiger charge is 2.00. The van der Waals surface area contributed by atoms with E-state index in [4.69, 9.17) is 0 Å². The predicted octanol–water partition coefficient (Wildman–Crippen LogP) is 2.16. The lowest BCUT2D eigenvalue weighted by Gasteiger charge is -2.06. The van der Waals surface area contributed by atoms with Crippen molar-refractivity contribution in [3.63, 3.8) is 0 Å². The molecule has 0 saturated heterocycles. The molecule has 0 amide bonds. The van der Waals surface area contributed by atoms with Gasteiger partial charge in [0.05, 0.1) is 0 Å². The molecule has 0 aliphatic heterocycles. The van der Waals surface area contributed by atoms with Gasteiger partial charge in [0.15, 0.2) is 0 Å². The topological polar surface area (TPSA) is 50.7 Å². The number of rotatable bonds is 3. The normalized spacial score (nSPS) is 10.3. The van der Waals surface area contributed by atoms with Crippen LogP contribution in [0.4, 0.5) is 5.13 Å². The van der Waals surface area contributed by atoms with E-state index in [9.17, 15) is 0 Å². The molecule has 0 aliphatic rings. The minimum absolute atomic E-state index is 0.760. The van der Waals surface area contributed by atoms with Gasteiger partial charge in [0.1, 0.15) is 0 Å². The second-order valence-corrected chi connectivity index (χ2v) is 4.18. The molecule has 15 heavy (non-hydrogen) atoms. The van der Waals surface area contributed by atoms with Crippen LogP contribution in [-0.4, -0.2) is 14.8 Å². The first-order valence-corrected chi connectivity index (χ1v) is 5.48. The Morgan fingerprint density at radius 3 is 2.93 bits per heavy atom. The van der Waals surface area contributed by atoms with Crippen molar-refractivity contribution in [1.29, 1.82) is 0 Å². The summed E-state index contributed by atoms with van der Waals surface area (Å²) in [5, 5.41) is 11.3. The minimum atomic E-state index is 0.760. The standard InChI is InChI=1S/C10H12N4S/c1-7-3-4-8(2)9(5-7)6-11-10-12-13-14-15-10/h3-5H,6H2,1-2H3,(H,11,12,14). The van der Waals surface area contributed by atoms with Gasteiger partial charge < -0.3 is 5.32 Å². The molecule has 78 valence electrons. The first kappa shape index (κ1) is 10.0. The fourth-order valence-corrected chi connectivity index (χ4v) is 1.72. The van der Waals surface area contributed by atoms with Crippen LogP contribution in [0.5, 0.6) is 0 Å². The average molecular weight is 220 g/mol. The van der Waals surface area contributed by atoms with Gasteiger partial charge in [-0.1, -0.05) is 33.3 Å². The first-order valence-electron chi connectivity index (χ1n) is 4.71. The number of nitrogens with one attached hydrogen (secondary N) is 1. The van der Waals surface area contributed by atoms with Crippen LogP contribution in [0.3, 0.4) is 0 Å². The van der Waals surface area contributed by atoms with E-state index in [0.717, 1.165) is 11.7 Å². The van der Waals surface area contributed by atoms with Crippen molar-refractivity contribution in [2.24, 2.45) is 0 Å². The van der Waals surface area contributed by atoms with E-state index in [1.807, 2.05) is 0 Å². The molecule has 2 rings (SSSR count). The van der Waals surface area contributed by atoms with Crippen LogP contribution in [0.25, 0.3) is 0 Å². The maximum atomic E-state index is 3.83. The van der Waals surface area contributed by atoms with Crippen LogP contribution in [0.1, 0.15) is 16.7 Å². The number of aromatic nitrogens is 3. The quantitative estimate of drug-likeness (QED) is 0.861. The Hall–Kier alpha value is -1.49. The van der Waals surface area contributed by atoms with Gasteiger partial charge in [-0.15, -0.1) is 0 Å². The molecule has 0 fully saturated rings. The van der Waals surface area contributed by atoms with Crippen LogP contribution in [0.15, 0.2) is 18.2 Å². The second kappa shape index (κ2) is 4.35. The van der Waals surface area contributed by atoms with Gasteiger partial charge in [-0.3, -0.25) is 0 Å². The Kier molecular flexibility index (Phi) is 2.91. The maximum absolute atomic E-state index is 3.83. The highest BCUT2D eigenvalue weighted by atomic mass is 32.1. The SMILES string of the molecule is Cc1ccc(C)c(CNc2nnns2)c1. The molecule has 0 aliphatic carbocycles. The molecular formula is C10H12N4S. The number of anilines is 1. The Morgan fingerprint density at radius 1 is 1.33 bits per heavy atom. The summed E-state index contributed by atoms with van der Waals surface area (Å²) >= 11 is 1.27. The minimum Gasteiger partial charge on any atom is -0.355 e. The largest absolute Gasteiger partial charge is 0.355 e. The Labute approximate surface area is 92.5 Å². The molecule has 0 spiro atoms. The van der Waals surface area contributed by atoms with Gasteiger partial charge in [0.25, 0.3) is 0 Å². The van der Waals surface area contributed by atoms with E-state index in [1.165, 1.54) is 28.2 Å². The lowest BCUT2D eigenvalue weighted by atomic mass is 10.1. The van der Waals surface area contributed by atoms with Crippen LogP contribution >= 0.6 is 11.5 Å². The molecule has 0 radical (unpaired) electrons. The number of nitrogens with zero attached hydrogens (tertiary/aromatic N) is 3. The van der Waals surface area contributed by atoms with E-state index in [0.29, 0.717) is 0 Å². The summed E-state index contributed by atoms with van der Waals surface area (Å²) in [5.41, 5.74) is 3.84. The van der Waals surface area contributed by atoms with Crippen LogP contribution < -0.4 is 5.32 Å². The molecule has 0 bridgehead atoms. The second-order valence-electron chi connectivity index (χ2n) is 3.45. The zero-order valence-electron chi connectivity index (χ0n) is 8.69. The van der Waals surface area contributed by atoms with Crippen LogP contribution in [0, 0.1) is 13.8 Å². The molecule has 0 atom stereocenters. The van der Waals surface area contributed by atoms with Gasteiger partial charge in [-0.05, 0) is 30.2 Å². The molecule has 1 N–H and O–H groups in total. The molecule has 2 aromatic rings. The van der Waals surface area contributed by atoms with Gasteiger partial charge in [-0.2, -0.15) is 0 Å². The van der Waals surface area contributed by atoms with E-state index in [-0.39, 0.29) is 0 Å². The molecular weight excluding hydrogens is 208 g/mol. The highest BCUT2D eigenvalue weighted by Crippen LogP contribution is 2.13. The van der Waals surface area contributed by atoms with Crippen molar-refractivity contribution >= 4 is 16.7 Å². The molecule has 1 aromatic heterocycles. The fraction of sp³-hybridized carbons (Fsp3) is 0.300. The van der Waals surface area contributed by atoms with Gasteiger partial charge >= 0.3 is 0 Å².